The summed E-state index contributed by atoms with van der Waals surface area (Å²) in [6, 6.07) is 0. The average Bonchev–Trinajstić information content (AvgIpc) is 4.11. The number of carbonyl (C=O) groups is 2. The first-order valence-electron chi connectivity index (χ1n) is 26.2. The molecule has 348 valence electrons. The summed E-state index contributed by atoms with van der Waals surface area (Å²) in [5, 5.41) is 0. The number of hydrogen-bond donors (Lipinski definition) is 0. The third kappa shape index (κ3) is 10.3. The monoisotopic (exact) mass is 861 g/mol. The molecule has 6 bridgehead atoms. The predicted molar refractivity (Wildman–Crippen MR) is 241 cm³/mol. The number of rotatable bonds is 26. The number of unbranched alkanes of at least 4 members (excludes halogenated alkanes) is 4. The number of fused-ring (bicyclic) bond motifs is 15. The van der Waals surface area contributed by atoms with Crippen molar-refractivity contribution in [3.63, 3.8) is 0 Å². The normalized spacial score (nSPS) is 41.5. The van der Waals surface area contributed by atoms with Crippen molar-refractivity contribution in [1.82, 2.24) is 0 Å². The third-order valence-electron chi connectivity index (χ3n) is 19.2. The Bertz CT molecular complexity index is 1540. The Balaban J connectivity index is 0.549. The van der Waals surface area contributed by atoms with Crippen molar-refractivity contribution in [2.75, 3.05) is 66.1 Å². The Kier molecular flexibility index (Phi) is 15.3. The fourth-order valence-corrected chi connectivity index (χ4v) is 16.7. The van der Waals surface area contributed by atoms with Crippen LogP contribution in [0.3, 0.4) is 0 Å². The van der Waals surface area contributed by atoms with Crippen molar-refractivity contribution in [3.8, 4) is 0 Å². The lowest BCUT2D eigenvalue weighted by Crippen LogP contribution is -2.28. The Morgan fingerprint density at radius 1 is 0.371 bits per heavy atom. The molecule has 0 N–H and O–H groups in total. The van der Waals surface area contributed by atoms with E-state index in [4.69, 9.17) is 28.4 Å². The molecular formula is C54H84O8. The quantitative estimate of drug-likeness (QED) is 0.0483. The van der Waals surface area contributed by atoms with Gasteiger partial charge < -0.3 is 28.4 Å². The van der Waals surface area contributed by atoms with Gasteiger partial charge in [-0.25, -0.2) is 9.59 Å². The first kappa shape index (κ1) is 45.4. The molecule has 9 saturated carbocycles. The van der Waals surface area contributed by atoms with Crippen molar-refractivity contribution in [2.45, 2.75) is 129 Å². The van der Waals surface area contributed by atoms with Gasteiger partial charge in [0.1, 0.15) is 0 Å². The molecule has 18 unspecified atom stereocenters. The molecule has 0 amide bonds. The van der Waals surface area contributed by atoms with Crippen LogP contribution in [0, 0.1) is 107 Å². The van der Waals surface area contributed by atoms with Crippen molar-refractivity contribution in [3.05, 3.63) is 24.3 Å². The zero-order valence-electron chi connectivity index (χ0n) is 38.9. The highest BCUT2D eigenvalue weighted by atomic mass is 16.5. The fraction of sp³-hybridized carbons (Fsp3) is 0.889. The Hall–Kier alpha value is -1.74. The van der Waals surface area contributed by atoms with Crippen LogP contribution in [0.15, 0.2) is 24.3 Å². The average molecular weight is 861 g/mol. The van der Waals surface area contributed by atoms with Gasteiger partial charge in [-0.3, -0.25) is 0 Å². The Morgan fingerprint density at radius 2 is 0.677 bits per heavy atom. The van der Waals surface area contributed by atoms with Crippen LogP contribution in [-0.2, 0) is 38.0 Å². The summed E-state index contributed by atoms with van der Waals surface area (Å²) in [7, 11) is 0. The fourth-order valence-electron chi connectivity index (χ4n) is 16.7. The second-order valence-corrected chi connectivity index (χ2v) is 23.1. The molecule has 0 heterocycles. The highest BCUT2D eigenvalue weighted by molar-refractivity contribution is 5.87. The predicted octanol–water partition coefficient (Wildman–Crippen LogP) is 10.5. The highest BCUT2D eigenvalue weighted by Gasteiger charge is 2.58. The standard InChI is InChI=1S/C54H84O8/c1-33(2)53(55)61-31-42-22-39-25-48(42)51-19-36(16-45(39)51)28-58-12-8-5-7-11-57-27-35-15-44-38-21-41(47(24-38)50(44)18-35)30-60-14-10-6-9-13-59-29-37-17-46-40-23-43(32-62-54(56)34(3)4)49(26-40)52(46)20-37/h35-52H,1,3,5-32H2,2,4H3. The van der Waals surface area contributed by atoms with E-state index in [0.717, 1.165) is 173 Å². The van der Waals surface area contributed by atoms with Crippen LogP contribution in [0.2, 0.25) is 0 Å². The molecule has 0 radical (unpaired) electrons. The summed E-state index contributed by atoms with van der Waals surface area (Å²) >= 11 is 0. The van der Waals surface area contributed by atoms with Gasteiger partial charge in [-0.05, 0) is 236 Å². The summed E-state index contributed by atoms with van der Waals surface area (Å²) in [4.78, 5) is 23.8. The van der Waals surface area contributed by atoms with Gasteiger partial charge in [-0.2, -0.15) is 0 Å². The van der Waals surface area contributed by atoms with Crippen LogP contribution in [0.5, 0.6) is 0 Å². The van der Waals surface area contributed by atoms with E-state index in [1.54, 1.807) is 13.8 Å². The molecule has 9 aliphatic carbocycles. The summed E-state index contributed by atoms with van der Waals surface area (Å²) in [6.45, 7) is 19.5. The van der Waals surface area contributed by atoms with E-state index in [9.17, 15) is 9.59 Å². The van der Waals surface area contributed by atoms with Crippen LogP contribution in [0.25, 0.3) is 0 Å². The molecule has 8 heteroatoms. The molecule has 0 spiro atoms. The zero-order valence-corrected chi connectivity index (χ0v) is 38.9. The number of esters is 2. The van der Waals surface area contributed by atoms with Crippen LogP contribution >= 0.6 is 0 Å². The van der Waals surface area contributed by atoms with Crippen molar-refractivity contribution in [2.24, 2.45) is 107 Å². The molecule has 18 atom stereocenters. The van der Waals surface area contributed by atoms with Gasteiger partial charge in [0.2, 0.25) is 0 Å². The van der Waals surface area contributed by atoms with E-state index < -0.39 is 0 Å². The van der Waals surface area contributed by atoms with Crippen molar-refractivity contribution < 1.29 is 38.0 Å². The van der Waals surface area contributed by atoms with Gasteiger partial charge in [0.25, 0.3) is 0 Å². The van der Waals surface area contributed by atoms with Gasteiger partial charge in [0.05, 0.1) is 13.2 Å². The molecule has 0 saturated heterocycles. The first-order valence-corrected chi connectivity index (χ1v) is 26.2. The topological polar surface area (TPSA) is 89.5 Å². The van der Waals surface area contributed by atoms with Crippen molar-refractivity contribution >= 4 is 11.9 Å². The second kappa shape index (κ2) is 20.8. The molecule has 9 aliphatic rings. The maximum absolute atomic E-state index is 11.9. The summed E-state index contributed by atoms with van der Waals surface area (Å²) < 4.78 is 36.2. The van der Waals surface area contributed by atoms with Crippen molar-refractivity contribution in [1.29, 1.82) is 0 Å². The van der Waals surface area contributed by atoms with Gasteiger partial charge in [-0.1, -0.05) is 13.2 Å². The lowest BCUT2D eigenvalue weighted by Gasteiger charge is -2.31. The minimum atomic E-state index is -0.228. The molecule has 0 aromatic rings. The maximum atomic E-state index is 11.9. The van der Waals surface area contributed by atoms with E-state index in [-0.39, 0.29) is 11.9 Å². The number of ether oxygens (including phenoxy) is 6. The first-order chi connectivity index (χ1) is 30.2. The van der Waals surface area contributed by atoms with Crippen LogP contribution in [0.4, 0.5) is 0 Å². The van der Waals surface area contributed by atoms with Crippen LogP contribution in [0.1, 0.15) is 129 Å². The molecule has 9 rings (SSSR count). The van der Waals surface area contributed by atoms with Gasteiger partial charge in [0.15, 0.2) is 0 Å². The summed E-state index contributed by atoms with van der Waals surface area (Å²) in [5.74, 6) is 14.0. The Morgan fingerprint density at radius 3 is 1.02 bits per heavy atom. The molecule has 0 aromatic carbocycles. The SMILES string of the molecule is C=C(C)C(=O)OCC1CC2CC1C1CC(COCCCCCOCC3CC4C5CC(COCCCCCOCC6CC7C8CC(COC(=O)C(=C)C)C(C8)C7C6)C(C5)C4C3)CC21. The number of hydrogen-bond acceptors (Lipinski definition) is 8. The second-order valence-electron chi connectivity index (χ2n) is 23.1. The minimum absolute atomic E-state index is 0.228. The smallest absolute Gasteiger partial charge is 0.333 e. The largest absolute Gasteiger partial charge is 0.462 e. The molecule has 0 aromatic heterocycles. The minimum Gasteiger partial charge on any atom is -0.462 e. The molecule has 9 fully saturated rings. The van der Waals surface area contributed by atoms with E-state index in [2.05, 4.69) is 13.2 Å². The molecular weight excluding hydrogens is 777 g/mol. The molecule has 62 heavy (non-hydrogen) atoms. The summed E-state index contributed by atoms with van der Waals surface area (Å²) in [5.41, 5.74) is 1.01. The van der Waals surface area contributed by atoms with E-state index in [1.165, 1.54) is 89.9 Å². The van der Waals surface area contributed by atoms with Crippen LogP contribution < -0.4 is 0 Å². The maximum Gasteiger partial charge on any atom is 0.333 e. The van der Waals surface area contributed by atoms with Gasteiger partial charge in [-0.15, -0.1) is 0 Å². The Labute approximate surface area is 375 Å². The molecule has 0 aliphatic heterocycles. The highest BCUT2D eigenvalue weighted by Crippen LogP contribution is 2.64. The van der Waals surface area contributed by atoms with E-state index in [0.29, 0.717) is 36.2 Å². The number of carbonyl (C=O) groups excluding carboxylic acids is 2. The van der Waals surface area contributed by atoms with Crippen LogP contribution in [-0.4, -0.2) is 78.0 Å². The van der Waals surface area contributed by atoms with E-state index >= 15 is 0 Å². The lowest BCUT2D eigenvalue weighted by atomic mass is 9.76. The van der Waals surface area contributed by atoms with E-state index in [1.807, 2.05) is 0 Å². The summed E-state index contributed by atoms with van der Waals surface area (Å²) in [6.07, 6.45) is 23.2. The zero-order chi connectivity index (χ0) is 42.7. The van der Waals surface area contributed by atoms with Gasteiger partial charge in [0, 0.05) is 64.0 Å². The van der Waals surface area contributed by atoms with Gasteiger partial charge >= 0.3 is 11.9 Å². The third-order valence-corrected chi connectivity index (χ3v) is 19.2. The lowest BCUT2D eigenvalue weighted by molar-refractivity contribution is -0.142. The molecule has 8 nitrogen and oxygen atoms in total.